The summed E-state index contributed by atoms with van der Waals surface area (Å²) in [5, 5.41) is 14.7. The van der Waals surface area contributed by atoms with E-state index in [1.54, 1.807) is 6.07 Å². The first-order chi connectivity index (χ1) is 11.3. The molecule has 0 atom stereocenters. The minimum Gasteiger partial charge on any atom is -0.497 e. The van der Waals surface area contributed by atoms with Crippen LogP contribution in [0.1, 0.15) is 48.5 Å². The molecule has 0 unspecified atom stereocenters. The molecule has 1 aromatic carbocycles. The lowest BCUT2D eigenvalue weighted by atomic mass is 9.77. The zero-order valence-electron chi connectivity index (χ0n) is 16.2. The van der Waals surface area contributed by atoms with Crippen molar-refractivity contribution in [2.24, 2.45) is 0 Å². The van der Waals surface area contributed by atoms with Crippen molar-refractivity contribution < 1.29 is 19.0 Å². The van der Waals surface area contributed by atoms with Gasteiger partial charge in [0, 0.05) is 23.1 Å². The molecule has 138 valence electrons. The summed E-state index contributed by atoms with van der Waals surface area (Å²) in [5.41, 5.74) is -0.552. The van der Waals surface area contributed by atoms with Gasteiger partial charge in [-0.05, 0) is 48.5 Å². The third-order valence-electron chi connectivity index (χ3n) is 4.56. The molecule has 0 radical (unpaired) electrons. The minimum absolute atomic E-state index is 0.0413. The van der Waals surface area contributed by atoms with Gasteiger partial charge in [0.25, 0.3) is 5.69 Å². The predicted octanol–water partition coefficient (Wildman–Crippen LogP) is 3.11. The Hall–Kier alpha value is -1.80. The third-order valence-corrected chi connectivity index (χ3v) is 4.56. The Morgan fingerprint density at radius 1 is 1.16 bits per heavy atom. The van der Waals surface area contributed by atoms with E-state index in [0.29, 0.717) is 16.9 Å². The first-order valence-corrected chi connectivity index (χ1v) is 8.27. The molecule has 0 spiro atoms. The van der Waals surface area contributed by atoms with Crippen LogP contribution in [-0.2, 0) is 9.31 Å². The van der Waals surface area contributed by atoms with Crippen LogP contribution in [0.4, 0.5) is 11.4 Å². The number of nitrogens with one attached hydrogen (secondary N) is 1. The van der Waals surface area contributed by atoms with Gasteiger partial charge in [-0.3, -0.25) is 10.1 Å². The van der Waals surface area contributed by atoms with Gasteiger partial charge in [-0.15, -0.1) is 0 Å². The molecule has 1 aromatic rings. The van der Waals surface area contributed by atoms with Crippen LogP contribution in [0.15, 0.2) is 12.1 Å². The predicted molar refractivity (Wildman–Crippen MR) is 98.7 cm³/mol. The highest BCUT2D eigenvalue weighted by Gasteiger charge is 2.53. The first kappa shape index (κ1) is 19.5. The lowest BCUT2D eigenvalue weighted by molar-refractivity contribution is -0.383. The monoisotopic (exact) mass is 350 g/mol. The fraction of sp³-hybridized carbons (Fsp3) is 0.647. The van der Waals surface area contributed by atoms with Gasteiger partial charge in [0.1, 0.15) is 11.4 Å². The maximum absolute atomic E-state index is 11.6. The van der Waals surface area contributed by atoms with Crippen LogP contribution >= 0.6 is 0 Å². The van der Waals surface area contributed by atoms with Crippen LogP contribution in [0, 0.1) is 10.1 Å². The van der Waals surface area contributed by atoms with Crippen molar-refractivity contribution in [1.29, 1.82) is 0 Å². The molecule has 0 aliphatic carbocycles. The van der Waals surface area contributed by atoms with Gasteiger partial charge in [-0.25, -0.2) is 0 Å². The molecule has 0 aromatic heterocycles. The Morgan fingerprint density at radius 3 is 2.08 bits per heavy atom. The Kier molecular flexibility index (Phi) is 4.82. The molecule has 8 heteroatoms. The molecular formula is C17H27BN2O5. The number of hydrogen-bond donors (Lipinski definition) is 1. The number of rotatable bonds is 4. The average molecular weight is 350 g/mol. The molecule has 1 aliphatic rings. The van der Waals surface area contributed by atoms with Crippen molar-refractivity contribution in [2.45, 2.75) is 65.2 Å². The quantitative estimate of drug-likeness (QED) is 0.510. The van der Waals surface area contributed by atoms with Crippen LogP contribution in [0.2, 0.25) is 0 Å². The largest absolute Gasteiger partial charge is 0.498 e. The summed E-state index contributed by atoms with van der Waals surface area (Å²) >= 11 is 0. The number of benzene rings is 1. The molecule has 1 saturated heterocycles. The number of nitro benzene ring substituents is 1. The lowest BCUT2D eigenvalue weighted by Crippen LogP contribution is -2.41. The summed E-state index contributed by atoms with van der Waals surface area (Å²) in [6.45, 7) is 13.5. The summed E-state index contributed by atoms with van der Waals surface area (Å²) in [5.74, 6) is 0.482. The number of anilines is 1. The van der Waals surface area contributed by atoms with E-state index >= 15 is 0 Å². The molecule has 1 fully saturated rings. The molecule has 1 N–H and O–H groups in total. The van der Waals surface area contributed by atoms with E-state index in [1.165, 1.54) is 13.2 Å². The summed E-state index contributed by atoms with van der Waals surface area (Å²) in [6, 6.07) is 3.10. The van der Waals surface area contributed by atoms with Crippen molar-refractivity contribution in [2.75, 3.05) is 12.4 Å². The number of nitro groups is 1. The van der Waals surface area contributed by atoms with Crippen LogP contribution in [0.25, 0.3) is 0 Å². The summed E-state index contributed by atoms with van der Waals surface area (Å²) < 4.78 is 17.5. The van der Waals surface area contributed by atoms with Crippen molar-refractivity contribution >= 4 is 24.0 Å². The lowest BCUT2D eigenvalue weighted by Gasteiger charge is -2.32. The number of nitrogens with zero attached hydrogens (tertiary/aromatic N) is 1. The molecule has 25 heavy (non-hydrogen) atoms. The van der Waals surface area contributed by atoms with Gasteiger partial charge in [-0.2, -0.15) is 0 Å². The van der Waals surface area contributed by atoms with Gasteiger partial charge < -0.3 is 19.4 Å². The topological polar surface area (TPSA) is 82.9 Å². The van der Waals surface area contributed by atoms with Gasteiger partial charge in [0.15, 0.2) is 0 Å². The van der Waals surface area contributed by atoms with Gasteiger partial charge in [-0.1, -0.05) is 0 Å². The van der Waals surface area contributed by atoms with Crippen molar-refractivity contribution in [3.05, 3.63) is 22.2 Å². The van der Waals surface area contributed by atoms with E-state index in [0.717, 1.165) is 0 Å². The van der Waals surface area contributed by atoms with Crippen molar-refractivity contribution in [3.63, 3.8) is 0 Å². The second-order valence-electron chi connectivity index (χ2n) is 8.33. The maximum Gasteiger partial charge on any atom is 0.498 e. The number of ether oxygens (including phenoxy) is 1. The second kappa shape index (κ2) is 6.18. The van der Waals surface area contributed by atoms with Gasteiger partial charge in [0.05, 0.1) is 23.2 Å². The highest BCUT2D eigenvalue weighted by Crippen LogP contribution is 2.38. The molecule has 1 heterocycles. The first-order valence-electron chi connectivity index (χ1n) is 8.27. The van der Waals surface area contributed by atoms with E-state index in [1.807, 2.05) is 48.5 Å². The Bertz CT molecular complexity index is 666. The second-order valence-corrected chi connectivity index (χ2v) is 8.33. The standard InChI is InChI=1S/C17H27BN2O5/c1-15(2,3)19-12-10-14(23-8)11(9-13(12)20(21)22)18-24-16(4,5)17(6,7)25-18/h9-10,19H,1-8H3. The molecule has 1 aliphatic heterocycles. The fourth-order valence-electron chi connectivity index (χ4n) is 2.57. The van der Waals surface area contributed by atoms with E-state index in [4.69, 9.17) is 14.0 Å². The summed E-state index contributed by atoms with van der Waals surface area (Å²) in [6.07, 6.45) is 0. The van der Waals surface area contributed by atoms with Crippen molar-refractivity contribution in [3.8, 4) is 5.75 Å². The summed E-state index contributed by atoms with van der Waals surface area (Å²) in [4.78, 5) is 11.2. The Morgan fingerprint density at radius 2 is 1.68 bits per heavy atom. The minimum atomic E-state index is -0.734. The molecule has 2 rings (SSSR count). The molecule has 0 amide bonds. The number of hydrogen-bond acceptors (Lipinski definition) is 6. The summed E-state index contributed by atoms with van der Waals surface area (Å²) in [7, 11) is 0.791. The molecule has 0 saturated carbocycles. The third kappa shape index (κ3) is 3.90. The van der Waals surface area contributed by atoms with Crippen molar-refractivity contribution in [1.82, 2.24) is 0 Å². The van der Waals surface area contributed by atoms with E-state index < -0.39 is 23.2 Å². The normalized spacial score (nSPS) is 19.0. The van der Waals surface area contributed by atoms with Crippen LogP contribution in [-0.4, -0.2) is 35.9 Å². The smallest absolute Gasteiger partial charge is 0.497 e. The average Bonchev–Trinajstić information content (AvgIpc) is 2.64. The highest BCUT2D eigenvalue weighted by atomic mass is 16.7. The maximum atomic E-state index is 11.6. The fourth-order valence-corrected chi connectivity index (χ4v) is 2.57. The zero-order chi connectivity index (χ0) is 19.2. The van der Waals surface area contributed by atoms with E-state index in [9.17, 15) is 10.1 Å². The van der Waals surface area contributed by atoms with Gasteiger partial charge in [0.2, 0.25) is 0 Å². The van der Waals surface area contributed by atoms with E-state index in [2.05, 4.69) is 5.32 Å². The molecule has 7 nitrogen and oxygen atoms in total. The van der Waals surface area contributed by atoms with Crippen LogP contribution in [0.3, 0.4) is 0 Å². The Labute approximate surface area is 149 Å². The van der Waals surface area contributed by atoms with Crippen LogP contribution in [0.5, 0.6) is 5.75 Å². The van der Waals surface area contributed by atoms with Gasteiger partial charge >= 0.3 is 7.12 Å². The molecule has 0 bridgehead atoms. The van der Waals surface area contributed by atoms with E-state index in [-0.39, 0.29) is 11.2 Å². The number of methoxy groups -OCH3 is 1. The van der Waals surface area contributed by atoms with Crippen LogP contribution < -0.4 is 15.5 Å². The molecular weight excluding hydrogens is 323 g/mol. The zero-order valence-corrected chi connectivity index (χ0v) is 16.2. The SMILES string of the molecule is COc1cc(NC(C)(C)C)c([N+](=O)[O-])cc1B1OC(C)(C)C(C)(C)O1. The Balaban J connectivity index is 2.53. The highest BCUT2D eigenvalue weighted by molar-refractivity contribution is 6.63.